The van der Waals surface area contributed by atoms with Crippen LogP contribution < -0.4 is 0 Å². The van der Waals surface area contributed by atoms with Crippen LogP contribution in [-0.4, -0.2) is 11.1 Å². The van der Waals surface area contributed by atoms with E-state index in [-0.39, 0.29) is 0 Å². The lowest BCUT2D eigenvalue weighted by Crippen LogP contribution is -2.47. The summed E-state index contributed by atoms with van der Waals surface area (Å²) in [4.78, 5) is 11.7. The van der Waals surface area contributed by atoms with Crippen molar-refractivity contribution in [2.24, 2.45) is 0 Å². The second-order valence-electron chi connectivity index (χ2n) is 4.88. The minimum atomic E-state index is -0.724. The largest absolute Gasteiger partial charge is 0.481 e. The van der Waals surface area contributed by atoms with Crippen LogP contribution in [0.15, 0.2) is 54.6 Å². The zero-order valence-electron chi connectivity index (χ0n) is 9.97. The topological polar surface area (TPSA) is 37.3 Å². The minimum absolute atomic E-state index is 0.570. The molecule has 0 spiro atoms. The number of benzene rings is 2. The first-order valence-electron chi connectivity index (χ1n) is 6.08. The zero-order chi connectivity index (χ0) is 12.6. The van der Waals surface area contributed by atoms with Crippen LogP contribution in [0.25, 0.3) is 0 Å². The van der Waals surface area contributed by atoms with Crippen molar-refractivity contribution in [3.05, 3.63) is 71.3 Å². The van der Waals surface area contributed by atoms with Crippen molar-refractivity contribution in [3.63, 3.8) is 0 Å². The number of carboxylic acid groups (broad SMARTS) is 1. The van der Waals surface area contributed by atoms with Crippen LogP contribution in [0.5, 0.6) is 0 Å². The molecule has 0 heterocycles. The third-order valence-corrected chi connectivity index (χ3v) is 3.78. The third kappa shape index (κ3) is 1.53. The van der Waals surface area contributed by atoms with Gasteiger partial charge >= 0.3 is 5.97 Å². The van der Waals surface area contributed by atoms with E-state index in [1.54, 1.807) is 0 Å². The van der Waals surface area contributed by atoms with Crippen LogP contribution in [0.4, 0.5) is 0 Å². The molecule has 3 rings (SSSR count). The molecule has 0 fully saturated rings. The van der Waals surface area contributed by atoms with E-state index in [9.17, 15) is 9.90 Å². The highest BCUT2D eigenvalue weighted by molar-refractivity contribution is 5.86. The molecule has 0 saturated carbocycles. The quantitative estimate of drug-likeness (QED) is 0.892. The van der Waals surface area contributed by atoms with Crippen LogP contribution in [0.2, 0.25) is 0 Å². The molecule has 2 aromatic carbocycles. The highest BCUT2D eigenvalue weighted by Crippen LogP contribution is 2.43. The lowest BCUT2D eigenvalue weighted by molar-refractivity contribution is -0.145. The lowest BCUT2D eigenvalue weighted by Gasteiger charge is -2.40. The van der Waals surface area contributed by atoms with E-state index >= 15 is 0 Å². The summed E-state index contributed by atoms with van der Waals surface area (Å²) in [5.74, 6) is -0.718. The fourth-order valence-electron chi connectivity index (χ4n) is 2.82. The molecule has 18 heavy (non-hydrogen) atoms. The van der Waals surface area contributed by atoms with Crippen molar-refractivity contribution in [1.82, 2.24) is 0 Å². The van der Waals surface area contributed by atoms with Gasteiger partial charge in [-0.3, -0.25) is 4.79 Å². The molecule has 2 nitrogen and oxygen atoms in total. The molecule has 90 valence electrons. The normalized spacial score (nSPS) is 20.9. The molecule has 0 aliphatic heterocycles. The van der Waals surface area contributed by atoms with Crippen LogP contribution in [0, 0.1) is 0 Å². The molecule has 0 aromatic heterocycles. The van der Waals surface area contributed by atoms with E-state index in [0.717, 1.165) is 16.7 Å². The Morgan fingerprint density at radius 3 is 2.39 bits per heavy atom. The zero-order valence-corrected chi connectivity index (χ0v) is 9.97. The van der Waals surface area contributed by atoms with Crippen LogP contribution >= 0.6 is 0 Å². The summed E-state index contributed by atoms with van der Waals surface area (Å²) in [6.07, 6.45) is 1.20. The first-order chi connectivity index (χ1) is 8.72. The minimum Gasteiger partial charge on any atom is -0.481 e. The monoisotopic (exact) mass is 238 g/mol. The second kappa shape index (κ2) is 3.98. The Morgan fingerprint density at radius 2 is 1.72 bits per heavy atom. The molecule has 0 unspecified atom stereocenters. The molecule has 0 radical (unpaired) electrons. The number of hydrogen-bond acceptors (Lipinski definition) is 1. The first kappa shape index (κ1) is 11.0. The van der Waals surface area contributed by atoms with Gasteiger partial charge in [0.2, 0.25) is 0 Å². The predicted octanol–water partition coefficient (Wildman–Crippen LogP) is 2.81. The third-order valence-electron chi connectivity index (χ3n) is 3.78. The molecule has 1 aliphatic rings. The number of aliphatic carboxylic acids is 1. The Balaban J connectivity index is 1.99. The molecule has 2 aromatic rings. The van der Waals surface area contributed by atoms with Gasteiger partial charge in [0, 0.05) is 0 Å². The van der Waals surface area contributed by atoms with Gasteiger partial charge in [-0.2, -0.15) is 0 Å². The summed E-state index contributed by atoms with van der Waals surface area (Å²) in [5.41, 5.74) is 2.49. The van der Waals surface area contributed by atoms with Crippen molar-refractivity contribution in [2.45, 2.75) is 18.3 Å². The SMILES string of the molecule is O=C(O)[C@]1(Cc2ccccc2)Cc2ccccc21. The maximum Gasteiger partial charge on any atom is 0.314 e. The smallest absolute Gasteiger partial charge is 0.314 e. The molecule has 0 saturated heterocycles. The van der Waals surface area contributed by atoms with E-state index in [2.05, 4.69) is 0 Å². The second-order valence-corrected chi connectivity index (χ2v) is 4.88. The van der Waals surface area contributed by atoms with Gasteiger partial charge in [-0.05, 0) is 29.5 Å². The number of rotatable bonds is 3. The Kier molecular flexibility index (Phi) is 2.44. The van der Waals surface area contributed by atoms with Crippen LogP contribution in [-0.2, 0) is 23.1 Å². The fraction of sp³-hybridized carbons (Fsp3) is 0.188. The van der Waals surface area contributed by atoms with Crippen molar-refractivity contribution >= 4 is 5.97 Å². The predicted molar refractivity (Wildman–Crippen MR) is 69.6 cm³/mol. The molecular weight excluding hydrogens is 224 g/mol. The van der Waals surface area contributed by atoms with Gasteiger partial charge in [-0.1, -0.05) is 54.6 Å². The number of carbonyl (C=O) groups is 1. The average Bonchev–Trinajstić information content (AvgIpc) is 2.36. The van der Waals surface area contributed by atoms with Crippen molar-refractivity contribution in [1.29, 1.82) is 0 Å². The van der Waals surface area contributed by atoms with E-state index in [1.807, 2.05) is 54.6 Å². The molecule has 1 aliphatic carbocycles. The Labute approximate surface area is 106 Å². The van der Waals surface area contributed by atoms with Gasteiger partial charge in [-0.25, -0.2) is 0 Å². The number of fused-ring (bicyclic) bond motifs is 1. The summed E-state index contributed by atoms with van der Waals surface area (Å²) in [7, 11) is 0. The summed E-state index contributed by atoms with van der Waals surface area (Å²) in [6.45, 7) is 0. The van der Waals surface area contributed by atoms with Crippen LogP contribution in [0.3, 0.4) is 0 Å². The molecular formula is C16H14O2. The fourth-order valence-corrected chi connectivity index (χ4v) is 2.82. The maximum absolute atomic E-state index is 11.7. The van der Waals surface area contributed by atoms with Crippen molar-refractivity contribution < 1.29 is 9.90 Å². The summed E-state index contributed by atoms with van der Waals surface area (Å²) in [5, 5.41) is 9.59. The maximum atomic E-state index is 11.7. The van der Waals surface area contributed by atoms with E-state index in [4.69, 9.17) is 0 Å². The average molecular weight is 238 g/mol. The van der Waals surface area contributed by atoms with Crippen LogP contribution in [0.1, 0.15) is 16.7 Å². The van der Waals surface area contributed by atoms with Gasteiger partial charge in [0.15, 0.2) is 0 Å². The lowest BCUT2D eigenvalue weighted by atomic mass is 9.61. The van der Waals surface area contributed by atoms with Gasteiger partial charge in [0.25, 0.3) is 0 Å². The Bertz CT molecular complexity index is 589. The number of hydrogen-bond donors (Lipinski definition) is 1. The van der Waals surface area contributed by atoms with Gasteiger partial charge in [0.05, 0.1) is 0 Å². The van der Waals surface area contributed by atoms with Gasteiger partial charge < -0.3 is 5.11 Å². The van der Waals surface area contributed by atoms with Crippen molar-refractivity contribution in [2.75, 3.05) is 0 Å². The first-order valence-corrected chi connectivity index (χ1v) is 6.08. The van der Waals surface area contributed by atoms with E-state index in [0.29, 0.717) is 12.8 Å². The van der Waals surface area contributed by atoms with E-state index in [1.165, 1.54) is 0 Å². The van der Waals surface area contributed by atoms with Gasteiger partial charge in [0.1, 0.15) is 5.41 Å². The summed E-state index contributed by atoms with van der Waals surface area (Å²) >= 11 is 0. The molecule has 0 amide bonds. The summed E-state index contributed by atoms with van der Waals surface area (Å²) < 4.78 is 0. The molecule has 1 N–H and O–H groups in total. The summed E-state index contributed by atoms with van der Waals surface area (Å²) in [6, 6.07) is 17.7. The highest BCUT2D eigenvalue weighted by Gasteiger charge is 2.48. The van der Waals surface area contributed by atoms with Crippen molar-refractivity contribution in [3.8, 4) is 0 Å². The number of carboxylic acids is 1. The van der Waals surface area contributed by atoms with Gasteiger partial charge in [-0.15, -0.1) is 0 Å². The highest BCUT2D eigenvalue weighted by atomic mass is 16.4. The molecule has 0 bridgehead atoms. The Morgan fingerprint density at radius 1 is 1.06 bits per heavy atom. The van der Waals surface area contributed by atoms with E-state index < -0.39 is 11.4 Å². The molecule has 1 atom stereocenters. The Hall–Kier alpha value is -2.09. The molecule has 2 heteroatoms. The standard InChI is InChI=1S/C16H14O2/c17-15(18)16(10-12-6-2-1-3-7-12)11-13-8-4-5-9-14(13)16/h1-9H,10-11H2,(H,17,18)/t16-/m1/s1.